The van der Waals surface area contributed by atoms with Gasteiger partial charge in [-0.05, 0) is 19.1 Å². The Kier molecular flexibility index (Phi) is 3.76. The Morgan fingerprint density at radius 2 is 2.43 bits per heavy atom. The SMILES string of the molecule is COc1ncccc1C(=O)NC(C)S. The first kappa shape index (κ1) is 10.8. The van der Waals surface area contributed by atoms with Crippen LogP contribution in [0.15, 0.2) is 18.3 Å². The van der Waals surface area contributed by atoms with E-state index in [-0.39, 0.29) is 11.3 Å². The lowest BCUT2D eigenvalue weighted by atomic mass is 10.2. The van der Waals surface area contributed by atoms with Gasteiger partial charge in [0.2, 0.25) is 5.88 Å². The van der Waals surface area contributed by atoms with Crippen molar-refractivity contribution >= 4 is 18.5 Å². The third-order valence-corrected chi connectivity index (χ3v) is 1.68. The average molecular weight is 212 g/mol. The second kappa shape index (κ2) is 4.85. The summed E-state index contributed by atoms with van der Waals surface area (Å²) in [5, 5.41) is 2.44. The zero-order valence-corrected chi connectivity index (χ0v) is 8.91. The normalized spacial score (nSPS) is 11.9. The summed E-state index contributed by atoms with van der Waals surface area (Å²) in [6.07, 6.45) is 1.57. The van der Waals surface area contributed by atoms with Crippen LogP contribution in [0.1, 0.15) is 17.3 Å². The van der Waals surface area contributed by atoms with E-state index >= 15 is 0 Å². The molecule has 0 aromatic carbocycles. The van der Waals surface area contributed by atoms with E-state index < -0.39 is 0 Å². The molecule has 0 bridgehead atoms. The highest BCUT2D eigenvalue weighted by atomic mass is 32.1. The van der Waals surface area contributed by atoms with Gasteiger partial charge in [0.25, 0.3) is 5.91 Å². The monoisotopic (exact) mass is 212 g/mol. The van der Waals surface area contributed by atoms with Gasteiger partial charge in [-0.2, -0.15) is 12.6 Å². The van der Waals surface area contributed by atoms with Crippen molar-refractivity contribution in [3.63, 3.8) is 0 Å². The Morgan fingerprint density at radius 3 is 3.00 bits per heavy atom. The molecule has 1 heterocycles. The van der Waals surface area contributed by atoms with Crippen LogP contribution < -0.4 is 10.1 Å². The highest BCUT2D eigenvalue weighted by molar-refractivity contribution is 7.80. The number of hydrogen-bond acceptors (Lipinski definition) is 4. The summed E-state index contributed by atoms with van der Waals surface area (Å²) in [6.45, 7) is 1.77. The number of carbonyl (C=O) groups is 1. The van der Waals surface area contributed by atoms with Crippen molar-refractivity contribution < 1.29 is 9.53 Å². The molecule has 1 amide bonds. The van der Waals surface area contributed by atoms with Gasteiger partial charge in [0.05, 0.1) is 12.5 Å². The highest BCUT2D eigenvalue weighted by Crippen LogP contribution is 2.13. The van der Waals surface area contributed by atoms with Gasteiger partial charge in [0, 0.05) is 6.20 Å². The van der Waals surface area contributed by atoms with E-state index in [1.165, 1.54) is 7.11 Å². The summed E-state index contributed by atoms with van der Waals surface area (Å²) in [4.78, 5) is 15.5. The van der Waals surface area contributed by atoms with Gasteiger partial charge in [0.1, 0.15) is 5.56 Å². The molecule has 0 fully saturated rings. The van der Waals surface area contributed by atoms with Crippen molar-refractivity contribution in [2.45, 2.75) is 12.3 Å². The topological polar surface area (TPSA) is 51.2 Å². The van der Waals surface area contributed by atoms with Crippen molar-refractivity contribution in [1.82, 2.24) is 10.3 Å². The smallest absolute Gasteiger partial charge is 0.257 e. The fraction of sp³-hybridized carbons (Fsp3) is 0.333. The van der Waals surface area contributed by atoms with E-state index in [4.69, 9.17) is 4.74 Å². The molecule has 14 heavy (non-hydrogen) atoms. The number of nitrogens with one attached hydrogen (secondary N) is 1. The third kappa shape index (κ3) is 2.63. The number of nitrogens with zero attached hydrogens (tertiary/aromatic N) is 1. The Labute approximate surface area is 88.1 Å². The largest absolute Gasteiger partial charge is 0.480 e. The van der Waals surface area contributed by atoms with Crippen LogP contribution >= 0.6 is 12.6 Å². The summed E-state index contributed by atoms with van der Waals surface area (Å²) in [5.41, 5.74) is 0.413. The second-order valence-electron chi connectivity index (χ2n) is 2.71. The van der Waals surface area contributed by atoms with E-state index in [1.807, 2.05) is 0 Å². The number of hydrogen-bond donors (Lipinski definition) is 2. The predicted molar refractivity (Wildman–Crippen MR) is 56.7 cm³/mol. The van der Waals surface area contributed by atoms with E-state index in [0.717, 1.165) is 0 Å². The molecule has 1 aromatic rings. The van der Waals surface area contributed by atoms with Gasteiger partial charge in [-0.3, -0.25) is 4.79 Å². The van der Waals surface area contributed by atoms with Crippen LogP contribution in [-0.4, -0.2) is 23.4 Å². The second-order valence-corrected chi connectivity index (χ2v) is 3.48. The molecule has 1 unspecified atom stereocenters. The molecule has 1 aromatic heterocycles. The summed E-state index contributed by atoms with van der Waals surface area (Å²) in [5.74, 6) is 0.0800. The fourth-order valence-electron chi connectivity index (χ4n) is 0.994. The number of ether oxygens (including phenoxy) is 1. The fourth-order valence-corrected chi connectivity index (χ4v) is 1.11. The summed E-state index contributed by atoms with van der Waals surface area (Å²) >= 11 is 4.06. The number of rotatable bonds is 3. The predicted octanol–water partition coefficient (Wildman–Crippen LogP) is 1.10. The first-order valence-corrected chi connectivity index (χ1v) is 4.64. The van der Waals surface area contributed by atoms with Crippen LogP contribution in [0.5, 0.6) is 5.88 Å². The summed E-state index contributed by atoms with van der Waals surface area (Å²) < 4.78 is 4.95. The van der Waals surface area contributed by atoms with Gasteiger partial charge < -0.3 is 10.1 Å². The Hall–Kier alpha value is -1.23. The van der Waals surface area contributed by atoms with Crippen molar-refractivity contribution in [3.05, 3.63) is 23.9 Å². The number of methoxy groups -OCH3 is 1. The number of aromatic nitrogens is 1. The number of pyridine rings is 1. The van der Waals surface area contributed by atoms with Crippen molar-refractivity contribution in [1.29, 1.82) is 0 Å². The molecule has 1 atom stereocenters. The van der Waals surface area contributed by atoms with Gasteiger partial charge in [-0.1, -0.05) is 0 Å². The zero-order chi connectivity index (χ0) is 10.6. The van der Waals surface area contributed by atoms with Crippen molar-refractivity contribution in [3.8, 4) is 5.88 Å². The number of amides is 1. The standard InChI is InChI=1S/C9H12N2O2S/c1-6(14)11-8(12)7-4-3-5-10-9(7)13-2/h3-6,14H,1-2H3,(H,11,12). The highest BCUT2D eigenvalue weighted by Gasteiger charge is 2.12. The van der Waals surface area contributed by atoms with E-state index in [1.54, 1.807) is 25.3 Å². The lowest BCUT2D eigenvalue weighted by Gasteiger charge is -2.09. The van der Waals surface area contributed by atoms with E-state index in [2.05, 4.69) is 22.9 Å². The maximum Gasteiger partial charge on any atom is 0.257 e. The average Bonchev–Trinajstić information content (AvgIpc) is 2.16. The molecule has 0 saturated carbocycles. The lowest BCUT2D eigenvalue weighted by Crippen LogP contribution is -2.29. The maximum atomic E-state index is 11.6. The number of thiol groups is 1. The van der Waals surface area contributed by atoms with Gasteiger partial charge in [0.15, 0.2) is 0 Å². The summed E-state index contributed by atoms with van der Waals surface area (Å²) in [6, 6.07) is 3.33. The molecule has 0 radical (unpaired) electrons. The molecule has 1 N–H and O–H groups in total. The van der Waals surface area contributed by atoms with E-state index in [9.17, 15) is 4.79 Å². The quantitative estimate of drug-likeness (QED) is 0.582. The number of carbonyl (C=O) groups excluding carboxylic acids is 1. The molecule has 0 aliphatic rings. The molecule has 0 saturated heterocycles. The minimum absolute atomic E-state index is 0.201. The Morgan fingerprint density at radius 1 is 1.71 bits per heavy atom. The van der Waals surface area contributed by atoms with Crippen LogP contribution in [-0.2, 0) is 0 Å². The zero-order valence-electron chi connectivity index (χ0n) is 8.02. The molecular weight excluding hydrogens is 200 g/mol. The maximum absolute atomic E-state index is 11.6. The van der Waals surface area contributed by atoms with Crippen molar-refractivity contribution in [2.75, 3.05) is 7.11 Å². The minimum atomic E-state index is -0.238. The van der Waals surface area contributed by atoms with Crippen LogP contribution in [0.3, 0.4) is 0 Å². The first-order chi connectivity index (χ1) is 6.65. The van der Waals surface area contributed by atoms with Gasteiger partial charge >= 0.3 is 0 Å². The van der Waals surface area contributed by atoms with Crippen LogP contribution in [0.4, 0.5) is 0 Å². The molecule has 0 aliphatic carbocycles. The molecule has 1 rings (SSSR count). The van der Waals surface area contributed by atoms with Crippen LogP contribution in [0.25, 0.3) is 0 Å². The first-order valence-electron chi connectivity index (χ1n) is 4.13. The molecular formula is C9H12N2O2S. The van der Waals surface area contributed by atoms with Crippen molar-refractivity contribution in [2.24, 2.45) is 0 Å². The van der Waals surface area contributed by atoms with Gasteiger partial charge in [-0.25, -0.2) is 4.98 Å². The van der Waals surface area contributed by atoms with Crippen LogP contribution in [0, 0.1) is 0 Å². The minimum Gasteiger partial charge on any atom is -0.480 e. The third-order valence-electron chi connectivity index (χ3n) is 1.55. The Balaban J connectivity index is 2.88. The molecule has 76 valence electrons. The summed E-state index contributed by atoms with van der Waals surface area (Å²) in [7, 11) is 1.48. The molecule has 0 aliphatic heterocycles. The van der Waals surface area contributed by atoms with Gasteiger partial charge in [-0.15, -0.1) is 0 Å². The van der Waals surface area contributed by atoms with E-state index in [0.29, 0.717) is 11.4 Å². The molecule has 5 heteroatoms. The molecule has 4 nitrogen and oxygen atoms in total. The Bertz CT molecular complexity index is 328. The lowest BCUT2D eigenvalue weighted by molar-refractivity contribution is 0.0948. The van der Waals surface area contributed by atoms with Crippen LogP contribution in [0.2, 0.25) is 0 Å². The molecule has 0 spiro atoms.